The van der Waals surface area contributed by atoms with Crippen molar-refractivity contribution in [3.8, 4) is 0 Å². The van der Waals surface area contributed by atoms with Crippen LogP contribution in [0.2, 0.25) is 5.02 Å². The van der Waals surface area contributed by atoms with Crippen molar-refractivity contribution >= 4 is 29.3 Å². The molecule has 6 nitrogen and oxygen atoms in total. The quantitative estimate of drug-likeness (QED) is 0.173. The van der Waals surface area contributed by atoms with E-state index in [1.807, 2.05) is 0 Å². The number of nitrogens with one attached hydrogen (secondary N) is 1. The maximum absolute atomic E-state index is 12.2. The van der Waals surface area contributed by atoms with E-state index in [1.165, 1.54) is 64.1 Å². The number of esters is 1. The first kappa shape index (κ1) is 24.2. The molecule has 0 aliphatic carbocycles. The molecule has 0 spiro atoms. The molecule has 28 heavy (non-hydrogen) atoms. The van der Waals surface area contributed by atoms with Crippen LogP contribution in [0.5, 0.6) is 0 Å². The monoisotopic (exact) mass is 412 g/mol. The van der Waals surface area contributed by atoms with E-state index >= 15 is 0 Å². The van der Waals surface area contributed by atoms with Crippen LogP contribution in [-0.2, 0) is 4.74 Å². The molecule has 1 aromatic carbocycles. The fourth-order valence-electron chi connectivity index (χ4n) is 2.78. The van der Waals surface area contributed by atoms with Crippen molar-refractivity contribution in [2.75, 3.05) is 19.0 Å². The second kappa shape index (κ2) is 14.2. The van der Waals surface area contributed by atoms with Crippen molar-refractivity contribution in [2.24, 2.45) is 0 Å². The molecule has 2 N–H and O–H groups in total. The smallest absolute Gasteiger partial charge is 0.345 e. The van der Waals surface area contributed by atoms with Gasteiger partial charge in [0.05, 0.1) is 22.9 Å². The Morgan fingerprint density at radius 3 is 2.18 bits per heavy atom. The molecule has 0 radical (unpaired) electrons. The van der Waals surface area contributed by atoms with Gasteiger partial charge in [-0.1, -0.05) is 76.3 Å². The van der Waals surface area contributed by atoms with Crippen molar-refractivity contribution in [3.63, 3.8) is 0 Å². The van der Waals surface area contributed by atoms with Crippen LogP contribution in [0, 0.1) is 0 Å². The Hall–Kier alpha value is -1.79. The van der Waals surface area contributed by atoms with Crippen LogP contribution in [0.15, 0.2) is 18.2 Å². The van der Waals surface area contributed by atoms with Crippen LogP contribution < -0.4 is 5.32 Å². The third kappa shape index (κ3) is 9.95. The Morgan fingerprint density at radius 1 is 1.04 bits per heavy atom. The zero-order chi connectivity index (χ0) is 20.8. The van der Waals surface area contributed by atoms with Crippen LogP contribution in [0.4, 0.5) is 10.5 Å². The minimum absolute atomic E-state index is 0.237. The lowest BCUT2D eigenvalue weighted by Gasteiger charge is -2.12. The first-order valence-electron chi connectivity index (χ1n) is 10.2. The number of urea groups is 1. The Labute approximate surface area is 173 Å². The lowest BCUT2D eigenvalue weighted by Crippen LogP contribution is -2.28. The van der Waals surface area contributed by atoms with E-state index in [1.54, 1.807) is 6.07 Å². The molecular formula is C21H33ClN2O4. The molecule has 0 unspecified atom stereocenters. The summed E-state index contributed by atoms with van der Waals surface area (Å²) >= 11 is 6.01. The maximum Gasteiger partial charge on any atom is 0.345 e. The summed E-state index contributed by atoms with van der Waals surface area (Å²) in [5, 5.41) is 12.2. The first-order valence-corrected chi connectivity index (χ1v) is 10.5. The second-order valence-electron chi connectivity index (χ2n) is 6.97. The number of hydrogen-bond acceptors (Lipinski definition) is 4. The van der Waals surface area contributed by atoms with Gasteiger partial charge in [-0.25, -0.2) is 14.7 Å². The molecule has 2 amide bonds. The Kier molecular flexibility index (Phi) is 12.3. The molecule has 0 aliphatic rings. The molecule has 0 bridgehead atoms. The number of carbonyl (C=O) groups excluding carboxylic acids is 2. The fraction of sp³-hybridized carbons (Fsp3) is 0.619. The molecule has 0 atom stereocenters. The van der Waals surface area contributed by atoms with Crippen LogP contribution >= 0.6 is 11.6 Å². The molecule has 158 valence electrons. The van der Waals surface area contributed by atoms with Gasteiger partial charge in [-0.3, -0.25) is 5.21 Å². The van der Waals surface area contributed by atoms with Crippen molar-refractivity contribution in [3.05, 3.63) is 28.8 Å². The largest absolute Gasteiger partial charge is 0.462 e. The zero-order valence-corrected chi connectivity index (χ0v) is 17.8. The van der Waals surface area contributed by atoms with Crippen molar-refractivity contribution in [1.82, 2.24) is 5.06 Å². The number of nitrogens with zero attached hydrogens (tertiary/aromatic N) is 1. The first-order chi connectivity index (χ1) is 13.5. The van der Waals surface area contributed by atoms with E-state index in [2.05, 4.69) is 12.2 Å². The standard InChI is InChI=1S/C21H33ClN2O4/c1-3-4-5-6-7-8-9-10-11-12-15-28-20(25)17-13-14-18(22)19(16-17)23-21(26)24(2)27/h13-14,16,27H,3-12,15H2,1-2H3,(H,23,26). The van der Waals surface area contributed by atoms with E-state index < -0.39 is 12.0 Å². The van der Waals surface area contributed by atoms with Gasteiger partial charge in [0, 0.05) is 7.05 Å². The second-order valence-corrected chi connectivity index (χ2v) is 7.37. The average Bonchev–Trinajstić information content (AvgIpc) is 2.67. The maximum atomic E-state index is 12.2. The van der Waals surface area contributed by atoms with E-state index in [4.69, 9.17) is 21.5 Å². The van der Waals surface area contributed by atoms with Crippen molar-refractivity contribution in [1.29, 1.82) is 0 Å². The number of carbonyl (C=O) groups is 2. The minimum Gasteiger partial charge on any atom is -0.462 e. The van der Waals surface area contributed by atoms with Crippen LogP contribution in [-0.4, -0.2) is 35.9 Å². The highest BCUT2D eigenvalue weighted by atomic mass is 35.5. The summed E-state index contributed by atoms with van der Waals surface area (Å²) in [6, 6.07) is 3.73. The topological polar surface area (TPSA) is 78.9 Å². The molecule has 1 rings (SSSR count). The highest BCUT2D eigenvalue weighted by Gasteiger charge is 2.13. The number of amides is 2. The van der Waals surface area contributed by atoms with Crippen LogP contribution in [0.3, 0.4) is 0 Å². The number of benzene rings is 1. The summed E-state index contributed by atoms with van der Waals surface area (Å²) in [5.41, 5.74) is 0.535. The predicted molar refractivity (Wildman–Crippen MR) is 112 cm³/mol. The Morgan fingerprint density at radius 2 is 1.61 bits per heavy atom. The highest BCUT2D eigenvalue weighted by molar-refractivity contribution is 6.33. The van der Waals surface area contributed by atoms with E-state index in [0.29, 0.717) is 17.2 Å². The Balaban J connectivity index is 2.24. The number of ether oxygens (including phenoxy) is 1. The molecule has 1 aromatic rings. The van der Waals surface area contributed by atoms with Gasteiger partial charge in [0.25, 0.3) is 0 Å². The van der Waals surface area contributed by atoms with E-state index in [9.17, 15) is 9.59 Å². The SMILES string of the molecule is CCCCCCCCCCCCOC(=O)c1ccc(Cl)c(NC(=O)N(C)O)c1. The molecule has 0 aliphatic heterocycles. The van der Waals surface area contributed by atoms with E-state index in [0.717, 1.165) is 19.3 Å². The molecular weight excluding hydrogens is 380 g/mol. The summed E-state index contributed by atoms with van der Waals surface area (Å²) < 4.78 is 5.29. The van der Waals surface area contributed by atoms with Gasteiger partial charge in [-0.2, -0.15) is 0 Å². The molecule has 0 aromatic heterocycles. The molecule has 0 fully saturated rings. The third-order valence-corrected chi connectivity index (χ3v) is 4.80. The predicted octanol–water partition coefficient (Wildman–Crippen LogP) is 6.27. The number of rotatable bonds is 13. The van der Waals surface area contributed by atoms with Crippen molar-refractivity contribution in [2.45, 2.75) is 71.1 Å². The number of halogens is 1. The summed E-state index contributed by atoms with van der Waals surface area (Å²) in [6.07, 6.45) is 12.2. The van der Waals surface area contributed by atoms with E-state index in [-0.39, 0.29) is 10.7 Å². The van der Waals surface area contributed by atoms with Gasteiger partial charge in [0.1, 0.15) is 0 Å². The fourth-order valence-corrected chi connectivity index (χ4v) is 2.95. The number of unbranched alkanes of at least 4 members (excludes halogenated alkanes) is 9. The molecule has 0 heterocycles. The highest BCUT2D eigenvalue weighted by Crippen LogP contribution is 2.24. The van der Waals surface area contributed by atoms with Crippen LogP contribution in [0.1, 0.15) is 81.5 Å². The zero-order valence-electron chi connectivity index (χ0n) is 17.0. The minimum atomic E-state index is -0.752. The average molecular weight is 413 g/mol. The summed E-state index contributed by atoms with van der Waals surface area (Å²) in [6.45, 7) is 2.60. The number of anilines is 1. The summed E-state index contributed by atoms with van der Waals surface area (Å²) in [5.74, 6) is -0.458. The van der Waals surface area contributed by atoms with Crippen molar-refractivity contribution < 1.29 is 19.5 Å². The lowest BCUT2D eigenvalue weighted by atomic mass is 10.1. The molecule has 7 heteroatoms. The van der Waals surface area contributed by atoms with Gasteiger partial charge in [0.15, 0.2) is 0 Å². The molecule has 0 saturated carbocycles. The third-order valence-electron chi connectivity index (χ3n) is 4.47. The van der Waals surface area contributed by atoms with Gasteiger partial charge >= 0.3 is 12.0 Å². The van der Waals surface area contributed by atoms with Gasteiger partial charge in [0.2, 0.25) is 0 Å². The molecule has 0 saturated heterocycles. The van der Waals surface area contributed by atoms with Gasteiger partial charge < -0.3 is 10.1 Å². The summed E-state index contributed by atoms with van der Waals surface area (Å²) in [7, 11) is 1.19. The Bertz CT molecular complexity index is 608. The van der Waals surface area contributed by atoms with Gasteiger partial charge in [-0.05, 0) is 24.6 Å². The van der Waals surface area contributed by atoms with Crippen LogP contribution in [0.25, 0.3) is 0 Å². The number of hydrogen-bond donors (Lipinski definition) is 2. The number of hydroxylamine groups is 2. The lowest BCUT2D eigenvalue weighted by molar-refractivity contribution is -0.0118. The van der Waals surface area contributed by atoms with Gasteiger partial charge in [-0.15, -0.1) is 0 Å². The summed E-state index contributed by atoms with van der Waals surface area (Å²) in [4.78, 5) is 23.7. The normalized spacial score (nSPS) is 10.6.